The van der Waals surface area contributed by atoms with Crippen LogP contribution in [0.4, 0.5) is 0 Å². The molecule has 2 aromatic carbocycles. The van der Waals surface area contributed by atoms with Crippen LogP contribution in [0.25, 0.3) is 10.6 Å². The van der Waals surface area contributed by atoms with Crippen LogP contribution in [0.1, 0.15) is 5.69 Å². The van der Waals surface area contributed by atoms with E-state index in [-0.39, 0.29) is 0 Å². The minimum Gasteiger partial charge on any atom is -0.493 e. The summed E-state index contributed by atoms with van der Waals surface area (Å²) in [7, 11) is 3.22. The van der Waals surface area contributed by atoms with Gasteiger partial charge in [-0.05, 0) is 24.3 Å². The lowest BCUT2D eigenvalue weighted by atomic mass is 10.2. The molecular formula is C18H15Cl2NO3S. The minimum absolute atomic E-state index is 0.294. The maximum atomic E-state index is 6.13. The van der Waals surface area contributed by atoms with E-state index in [4.69, 9.17) is 37.4 Å². The summed E-state index contributed by atoms with van der Waals surface area (Å²) in [5, 5.41) is 3.62. The third-order valence-corrected chi connectivity index (χ3v) is 5.20. The Hall–Kier alpha value is -1.95. The lowest BCUT2D eigenvalue weighted by Crippen LogP contribution is -1.97. The van der Waals surface area contributed by atoms with Gasteiger partial charge in [-0.3, -0.25) is 0 Å². The van der Waals surface area contributed by atoms with Crippen molar-refractivity contribution in [1.82, 2.24) is 4.98 Å². The molecule has 0 N–H and O–H groups in total. The number of aromatic nitrogens is 1. The first-order valence-corrected chi connectivity index (χ1v) is 9.00. The molecule has 0 atom stereocenters. The molecule has 0 aliphatic heterocycles. The first-order valence-electron chi connectivity index (χ1n) is 7.36. The molecule has 0 radical (unpaired) electrons. The number of rotatable bonds is 6. The SMILES string of the molecule is COc1cccc(-c2nc(COc3cccc(Cl)c3Cl)cs2)c1OC. The molecule has 3 rings (SSSR count). The van der Waals surface area contributed by atoms with Crippen LogP contribution in [0.3, 0.4) is 0 Å². The molecule has 1 aromatic heterocycles. The van der Waals surface area contributed by atoms with Gasteiger partial charge in [0, 0.05) is 5.38 Å². The molecule has 0 saturated carbocycles. The van der Waals surface area contributed by atoms with Gasteiger partial charge in [0.2, 0.25) is 0 Å². The fourth-order valence-corrected chi connectivity index (χ4v) is 3.47. The van der Waals surface area contributed by atoms with E-state index >= 15 is 0 Å². The van der Waals surface area contributed by atoms with E-state index < -0.39 is 0 Å². The fourth-order valence-electron chi connectivity index (χ4n) is 2.30. The van der Waals surface area contributed by atoms with Crippen LogP contribution in [0.2, 0.25) is 10.0 Å². The van der Waals surface area contributed by atoms with E-state index in [1.165, 1.54) is 11.3 Å². The average Bonchev–Trinajstić information content (AvgIpc) is 3.11. The summed E-state index contributed by atoms with van der Waals surface area (Å²) < 4.78 is 16.5. The van der Waals surface area contributed by atoms with Gasteiger partial charge in [-0.1, -0.05) is 35.3 Å². The van der Waals surface area contributed by atoms with Crippen LogP contribution >= 0.6 is 34.5 Å². The average molecular weight is 396 g/mol. The standard InChI is InChI=1S/C18H15Cl2NO3S/c1-22-15-8-3-5-12(17(15)23-2)18-21-11(10-25-18)9-24-14-7-4-6-13(19)16(14)20/h3-8,10H,9H2,1-2H3. The van der Waals surface area contributed by atoms with Crippen molar-refractivity contribution in [2.24, 2.45) is 0 Å². The number of methoxy groups -OCH3 is 2. The zero-order valence-corrected chi connectivity index (χ0v) is 15.9. The molecule has 0 spiro atoms. The van der Waals surface area contributed by atoms with E-state index in [1.54, 1.807) is 32.4 Å². The van der Waals surface area contributed by atoms with E-state index in [0.717, 1.165) is 16.3 Å². The van der Waals surface area contributed by atoms with E-state index in [2.05, 4.69) is 4.98 Å². The molecule has 1 heterocycles. The zero-order valence-electron chi connectivity index (χ0n) is 13.6. The highest BCUT2D eigenvalue weighted by molar-refractivity contribution is 7.13. The Morgan fingerprint density at radius 1 is 1.00 bits per heavy atom. The predicted molar refractivity (Wildman–Crippen MR) is 101 cm³/mol. The Labute approximate surface area is 159 Å². The van der Waals surface area contributed by atoms with Gasteiger partial charge in [0.1, 0.15) is 22.4 Å². The first-order chi connectivity index (χ1) is 12.1. The summed E-state index contributed by atoms with van der Waals surface area (Å²) in [4.78, 5) is 4.61. The van der Waals surface area contributed by atoms with Crippen LogP contribution in [0, 0.1) is 0 Å². The minimum atomic E-state index is 0.294. The van der Waals surface area contributed by atoms with Crippen LogP contribution in [-0.2, 0) is 6.61 Å². The number of ether oxygens (including phenoxy) is 3. The Kier molecular flexibility index (Phi) is 5.68. The third kappa shape index (κ3) is 3.84. The van der Waals surface area contributed by atoms with Crippen LogP contribution in [-0.4, -0.2) is 19.2 Å². The normalized spacial score (nSPS) is 10.6. The largest absolute Gasteiger partial charge is 0.493 e. The molecule has 3 aromatic rings. The lowest BCUT2D eigenvalue weighted by Gasteiger charge is -2.10. The van der Waals surface area contributed by atoms with Crippen molar-refractivity contribution in [3.05, 3.63) is 57.5 Å². The summed E-state index contributed by atoms with van der Waals surface area (Å²) in [6.45, 7) is 0.294. The second kappa shape index (κ2) is 7.95. The number of nitrogens with zero attached hydrogens (tertiary/aromatic N) is 1. The summed E-state index contributed by atoms with van der Waals surface area (Å²) >= 11 is 13.6. The molecule has 0 saturated heterocycles. The van der Waals surface area contributed by atoms with Gasteiger partial charge in [-0.2, -0.15) is 0 Å². The van der Waals surface area contributed by atoms with Crippen molar-refractivity contribution in [3.63, 3.8) is 0 Å². The molecule has 7 heteroatoms. The van der Waals surface area contributed by atoms with E-state index in [1.807, 2.05) is 23.6 Å². The van der Waals surface area contributed by atoms with Gasteiger partial charge in [0.25, 0.3) is 0 Å². The number of benzene rings is 2. The lowest BCUT2D eigenvalue weighted by molar-refractivity contribution is 0.302. The molecular weight excluding hydrogens is 381 g/mol. The number of para-hydroxylation sites is 1. The Morgan fingerprint density at radius 3 is 2.52 bits per heavy atom. The Balaban J connectivity index is 1.80. The van der Waals surface area contributed by atoms with Gasteiger partial charge < -0.3 is 14.2 Å². The van der Waals surface area contributed by atoms with Crippen molar-refractivity contribution in [3.8, 4) is 27.8 Å². The smallest absolute Gasteiger partial charge is 0.170 e. The highest BCUT2D eigenvalue weighted by Gasteiger charge is 2.15. The van der Waals surface area contributed by atoms with Gasteiger partial charge >= 0.3 is 0 Å². The number of halogens is 2. The molecule has 0 amide bonds. The van der Waals surface area contributed by atoms with E-state index in [9.17, 15) is 0 Å². The molecule has 0 aliphatic carbocycles. The van der Waals surface area contributed by atoms with E-state index in [0.29, 0.717) is 33.9 Å². The van der Waals surface area contributed by atoms with Gasteiger partial charge in [0.15, 0.2) is 11.5 Å². The fraction of sp³-hybridized carbons (Fsp3) is 0.167. The second-order valence-electron chi connectivity index (χ2n) is 5.03. The van der Waals surface area contributed by atoms with Crippen molar-refractivity contribution in [2.75, 3.05) is 14.2 Å². The molecule has 0 fully saturated rings. The molecule has 0 unspecified atom stereocenters. The Bertz CT molecular complexity index is 883. The number of hydrogen-bond donors (Lipinski definition) is 0. The molecule has 4 nitrogen and oxygen atoms in total. The van der Waals surface area contributed by atoms with Crippen molar-refractivity contribution >= 4 is 34.5 Å². The summed E-state index contributed by atoms with van der Waals surface area (Å²) in [5.74, 6) is 1.85. The molecule has 0 bridgehead atoms. The monoisotopic (exact) mass is 395 g/mol. The molecule has 25 heavy (non-hydrogen) atoms. The number of hydrogen-bond acceptors (Lipinski definition) is 5. The maximum Gasteiger partial charge on any atom is 0.170 e. The van der Waals surface area contributed by atoms with Crippen molar-refractivity contribution in [1.29, 1.82) is 0 Å². The highest BCUT2D eigenvalue weighted by atomic mass is 35.5. The number of thiazole rings is 1. The van der Waals surface area contributed by atoms with Crippen LogP contribution in [0.5, 0.6) is 17.2 Å². The predicted octanol–water partition coefficient (Wildman–Crippen LogP) is 5.71. The van der Waals surface area contributed by atoms with Crippen LogP contribution < -0.4 is 14.2 Å². The van der Waals surface area contributed by atoms with Crippen LogP contribution in [0.15, 0.2) is 41.8 Å². The quantitative estimate of drug-likeness (QED) is 0.535. The third-order valence-electron chi connectivity index (χ3n) is 3.48. The topological polar surface area (TPSA) is 40.6 Å². The first kappa shape index (κ1) is 17.9. The summed E-state index contributed by atoms with van der Waals surface area (Å²) in [6.07, 6.45) is 0. The maximum absolute atomic E-state index is 6.13. The summed E-state index contributed by atoms with van der Waals surface area (Å²) in [5.41, 5.74) is 1.67. The second-order valence-corrected chi connectivity index (χ2v) is 6.67. The summed E-state index contributed by atoms with van der Waals surface area (Å²) in [6, 6.07) is 11.0. The molecule has 130 valence electrons. The van der Waals surface area contributed by atoms with Crippen molar-refractivity contribution < 1.29 is 14.2 Å². The zero-order chi connectivity index (χ0) is 17.8. The van der Waals surface area contributed by atoms with Gasteiger partial charge in [-0.25, -0.2) is 4.98 Å². The van der Waals surface area contributed by atoms with Gasteiger partial charge in [-0.15, -0.1) is 11.3 Å². The molecule has 0 aliphatic rings. The Morgan fingerprint density at radius 2 is 1.76 bits per heavy atom. The van der Waals surface area contributed by atoms with Crippen molar-refractivity contribution in [2.45, 2.75) is 6.61 Å². The van der Waals surface area contributed by atoms with Gasteiger partial charge in [0.05, 0.1) is 30.5 Å². The highest BCUT2D eigenvalue weighted by Crippen LogP contribution is 2.39.